The van der Waals surface area contributed by atoms with Crippen molar-refractivity contribution in [2.24, 2.45) is 11.7 Å². The molecule has 16 heavy (non-hydrogen) atoms. The van der Waals surface area contributed by atoms with Crippen molar-refractivity contribution in [2.75, 3.05) is 6.54 Å². The molecule has 2 nitrogen and oxygen atoms in total. The van der Waals surface area contributed by atoms with Crippen LogP contribution < -0.4 is 5.73 Å². The number of fused-ring (bicyclic) bond motifs is 2. The van der Waals surface area contributed by atoms with Crippen LogP contribution in [0.3, 0.4) is 0 Å². The number of nitrogens with two attached hydrogens (primary N) is 1. The molecule has 0 spiro atoms. The molecule has 1 aromatic rings. The Balaban J connectivity index is 1.71. The Morgan fingerprint density at radius 3 is 2.81 bits per heavy atom. The molecular weight excluding hydrogens is 196 g/mol. The summed E-state index contributed by atoms with van der Waals surface area (Å²) in [5.41, 5.74) is 7.64. The van der Waals surface area contributed by atoms with Gasteiger partial charge in [0.2, 0.25) is 0 Å². The molecule has 1 saturated carbocycles. The zero-order valence-electron chi connectivity index (χ0n) is 9.68. The highest BCUT2D eigenvalue weighted by molar-refractivity contribution is 5.15. The van der Waals surface area contributed by atoms with Gasteiger partial charge in [-0.3, -0.25) is 4.90 Å². The normalized spacial score (nSPS) is 34.2. The third-order valence-electron chi connectivity index (χ3n) is 4.24. The number of rotatable bonds is 2. The summed E-state index contributed by atoms with van der Waals surface area (Å²) < 4.78 is 0. The van der Waals surface area contributed by atoms with Gasteiger partial charge in [-0.05, 0) is 30.7 Å². The predicted molar refractivity (Wildman–Crippen MR) is 66.0 cm³/mol. The van der Waals surface area contributed by atoms with Crippen LogP contribution in [-0.4, -0.2) is 23.5 Å². The van der Waals surface area contributed by atoms with E-state index in [-0.39, 0.29) is 0 Å². The smallest absolute Gasteiger partial charge is 0.0237 e. The van der Waals surface area contributed by atoms with E-state index in [9.17, 15) is 0 Å². The predicted octanol–water partition coefficient (Wildman–Crippen LogP) is 2.00. The van der Waals surface area contributed by atoms with Crippen molar-refractivity contribution in [3.63, 3.8) is 0 Å². The number of hydrogen-bond donors (Lipinski definition) is 1. The van der Waals surface area contributed by atoms with Crippen molar-refractivity contribution in [3.05, 3.63) is 35.9 Å². The Morgan fingerprint density at radius 2 is 2.00 bits per heavy atom. The third-order valence-corrected chi connectivity index (χ3v) is 4.24. The number of piperidine rings is 1. The van der Waals surface area contributed by atoms with Crippen LogP contribution in [0.4, 0.5) is 0 Å². The van der Waals surface area contributed by atoms with E-state index in [0.29, 0.717) is 6.04 Å². The second-order valence-electron chi connectivity index (χ2n) is 5.31. The zero-order valence-corrected chi connectivity index (χ0v) is 9.68. The summed E-state index contributed by atoms with van der Waals surface area (Å²) in [6.45, 7) is 2.16. The van der Waals surface area contributed by atoms with E-state index in [1.165, 1.54) is 24.8 Å². The summed E-state index contributed by atoms with van der Waals surface area (Å²) in [7, 11) is 0. The Bertz CT molecular complexity index is 349. The lowest BCUT2D eigenvalue weighted by Crippen LogP contribution is -2.48. The molecule has 1 saturated heterocycles. The number of nitrogens with zero attached hydrogens (tertiary/aromatic N) is 1. The molecule has 86 valence electrons. The minimum atomic E-state index is 0.405. The third kappa shape index (κ3) is 1.87. The van der Waals surface area contributed by atoms with Crippen LogP contribution in [0.5, 0.6) is 0 Å². The summed E-state index contributed by atoms with van der Waals surface area (Å²) in [5.74, 6) is 0.803. The van der Waals surface area contributed by atoms with Gasteiger partial charge in [0.1, 0.15) is 0 Å². The molecule has 1 aliphatic carbocycles. The highest BCUT2D eigenvalue weighted by Gasteiger charge is 2.38. The van der Waals surface area contributed by atoms with Crippen molar-refractivity contribution >= 4 is 0 Å². The first-order valence-corrected chi connectivity index (χ1v) is 6.36. The second kappa shape index (κ2) is 4.19. The summed E-state index contributed by atoms with van der Waals surface area (Å²) in [4.78, 5) is 2.59. The van der Waals surface area contributed by atoms with E-state index in [1.54, 1.807) is 0 Å². The van der Waals surface area contributed by atoms with Crippen LogP contribution in [0, 0.1) is 5.92 Å². The Labute approximate surface area is 97.4 Å². The van der Waals surface area contributed by atoms with Crippen molar-refractivity contribution in [1.82, 2.24) is 4.90 Å². The quantitative estimate of drug-likeness (QED) is 0.819. The highest BCUT2D eigenvalue weighted by atomic mass is 15.2. The molecule has 2 bridgehead atoms. The van der Waals surface area contributed by atoms with Gasteiger partial charge in [0.05, 0.1) is 0 Å². The van der Waals surface area contributed by atoms with Gasteiger partial charge in [0.25, 0.3) is 0 Å². The van der Waals surface area contributed by atoms with Gasteiger partial charge in [-0.25, -0.2) is 0 Å². The maximum absolute atomic E-state index is 6.22. The van der Waals surface area contributed by atoms with E-state index in [1.807, 2.05) is 0 Å². The Kier molecular flexibility index (Phi) is 2.70. The molecule has 2 aliphatic rings. The molecule has 0 radical (unpaired) electrons. The van der Waals surface area contributed by atoms with Gasteiger partial charge in [-0.1, -0.05) is 30.3 Å². The topological polar surface area (TPSA) is 29.3 Å². The minimum absolute atomic E-state index is 0.405. The molecule has 0 aromatic heterocycles. The second-order valence-corrected chi connectivity index (χ2v) is 5.31. The molecule has 2 N–H and O–H groups in total. The molecule has 3 atom stereocenters. The van der Waals surface area contributed by atoms with E-state index in [2.05, 4.69) is 35.2 Å². The lowest BCUT2D eigenvalue weighted by Gasteiger charge is -2.37. The molecule has 1 aliphatic heterocycles. The van der Waals surface area contributed by atoms with Crippen LogP contribution >= 0.6 is 0 Å². The van der Waals surface area contributed by atoms with E-state index in [0.717, 1.165) is 25.0 Å². The lowest BCUT2D eigenvalue weighted by atomic mass is 9.94. The van der Waals surface area contributed by atoms with Crippen molar-refractivity contribution in [2.45, 2.75) is 37.9 Å². The maximum Gasteiger partial charge on any atom is 0.0237 e. The fraction of sp³-hybridized carbons (Fsp3) is 0.571. The van der Waals surface area contributed by atoms with Crippen molar-refractivity contribution in [1.29, 1.82) is 0 Å². The van der Waals surface area contributed by atoms with Gasteiger partial charge in [-0.15, -0.1) is 0 Å². The standard InChI is InChI=1S/C14H20N2/c15-14-10-16(13-7-6-12(14)8-13)9-11-4-2-1-3-5-11/h1-5,12-14H,6-10,15H2/t12-,13+,14+/m1/s1. The van der Waals surface area contributed by atoms with Gasteiger partial charge < -0.3 is 5.73 Å². The number of hydrogen-bond acceptors (Lipinski definition) is 2. The van der Waals surface area contributed by atoms with Crippen LogP contribution in [0.25, 0.3) is 0 Å². The van der Waals surface area contributed by atoms with E-state index in [4.69, 9.17) is 5.73 Å². The van der Waals surface area contributed by atoms with Gasteiger partial charge in [0, 0.05) is 25.2 Å². The van der Waals surface area contributed by atoms with E-state index >= 15 is 0 Å². The fourth-order valence-electron chi connectivity index (χ4n) is 3.29. The molecule has 1 aromatic carbocycles. The SMILES string of the molecule is N[C@H]1CN(Cc2ccccc2)[C@H]2CC[C@@H]1C2. The average Bonchev–Trinajstić information content (AvgIpc) is 2.73. The van der Waals surface area contributed by atoms with Gasteiger partial charge in [-0.2, -0.15) is 0 Å². The summed E-state index contributed by atoms with van der Waals surface area (Å²) in [6.07, 6.45) is 4.02. The summed E-state index contributed by atoms with van der Waals surface area (Å²) in [6, 6.07) is 12.0. The van der Waals surface area contributed by atoms with Crippen molar-refractivity contribution < 1.29 is 0 Å². The van der Waals surface area contributed by atoms with Crippen LogP contribution in [0.1, 0.15) is 24.8 Å². The first kappa shape index (κ1) is 10.3. The van der Waals surface area contributed by atoms with Crippen LogP contribution in [-0.2, 0) is 6.54 Å². The molecular formula is C14H20N2. The van der Waals surface area contributed by atoms with Gasteiger partial charge in [0.15, 0.2) is 0 Å². The molecule has 3 rings (SSSR count). The number of benzene rings is 1. The zero-order chi connectivity index (χ0) is 11.0. The summed E-state index contributed by atoms with van der Waals surface area (Å²) >= 11 is 0. The largest absolute Gasteiger partial charge is 0.326 e. The minimum Gasteiger partial charge on any atom is -0.326 e. The first-order valence-electron chi connectivity index (χ1n) is 6.36. The van der Waals surface area contributed by atoms with Gasteiger partial charge >= 0.3 is 0 Å². The lowest BCUT2D eigenvalue weighted by molar-refractivity contribution is 0.131. The van der Waals surface area contributed by atoms with E-state index < -0.39 is 0 Å². The molecule has 2 fully saturated rings. The fourth-order valence-corrected chi connectivity index (χ4v) is 3.29. The van der Waals surface area contributed by atoms with Crippen LogP contribution in [0.2, 0.25) is 0 Å². The maximum atomic E-state index is 6.22. The molecule has 1 heterocycles. The summed E-state index contributed by atoms with van der Waals surface area (Å²) in [5, 5.41) is 0. The molecule has 0 unspecified atom stereocenters. The average molecular weight is 216 g/mol. The van der Waals surface area contributed by atoms with Crippen LogP contribution in [0.15, 0.2) is 30.3 Å². The Morgan fingerprint density at radius 1 is 1.19 bits per heavy atom. The highest BCUT2D eigenvalue weighted by Crippen LogP contribution is 2.36. The Hall–Kier alpha value is -0.860. The van der Waals surface area contributed by atoms with Crippen molar-refractivity contribution in [3.8, 4) is 0 Å². The molecule has 0 amide bonds. The monoisotopic (exact) mass is 216 g/mol. The number of likely N-dealkylation sites (tertiary alicyclic amines) is 1. The first-order chi connectivity index (χ1) is 7.83. The molecule has 2 heteroatoms.